The van der Waals surface area contributed by atoms with E-state index in [9.17, 15) is 0 Å². The van der Waals surface area contributed by atoms with Crippen molar-refractivity contribution in [3.63, 3.8) is 0 Å². The van der Waals surface area contributed by atoms with Gasteiger partial charge >= 0.3 is 0 Å². The van der Waals surface area contributed by atoms with Crippen LogP contribution in [-0.2, 0) is 6.54 Å². The van der Waals surface area contributed by atoms with E-state index in [1.54, 1.807) is 11.3 Å². The Bertz CT molecular complexity index is 502. The first kappa shape index (κ1) is 13.8. The Kier molecular flexibility index (Phi) is 4.74. The summed E-state index contributed by atoms with van der Waals surface area (Å²) in [5.41, 5.74) is 1.04. The highest BCUT2D eigenvalue weighted by molar-refractivity contribution is 7.11. The van der Waals surface area contributed by atoms with Gasteiger partial charge in [-0.15, -0.1) is 11.3 Å². The van der Waals surface area contributed by atoms with Crippen LogP contribution in [0.1, 0.15) is 23.7 Å². The zero-order valence-corrected chi connectivity index (χ0v) is 12.5. The van der Waals surface area contributed by atoms with E-state index in [0.717, 1.165) is 36.1 Å². The molecule has 0 aliphatic carbocycles. The van der Waals surface area contributed by atoms with E-state index in [1.165, 1.54) is 4.88 Å². The predicted octanol–water partition coefficient (Wildman–Crippen LogP) is 3.30. The normalized spacial score (nSPS) is 10.5. The lowest BCUT2D eigenvalue weighted by atomic mass is 10.3. The maximum absolute atomic E-state index is 4.49. The van der Waals surface area contributed by atoms with E-state index >= 15 is 0 Å². The average Bonchev–Trinajstić information content (AvgIpc) is 2.85. The summed E-state index contributed by atoms with van der Waals surface area (Å²) in [6.07, 6.45) is 3.81. The van der Waals surface area contributed by atoms with Crippen molar-refractivity contribution in [2.75, 3.05) is 23.3 Å². The van der Waals surface area contributed by atoms with Crippen molar-refractivity contribution in [3.05, 3.63) is 34.4 Å². The van der Waals surface area contributed by atoms with E-state index < -0.39 is 0 Å². The number of pyridine rings is 1. The molecular formula is C14H20N4S. The number of thiazole rings is 1. The van der Waals surface area contributed by atoms with Crippen molar-refractivity contribution in [3.8, 4) is 0 Å². The van der Waals surface area contributed by atoms with Gasteiger partial charge in [0.05, 0.1) is 23.4 Å². The summed E-state index contributed by atoms with van der Waals surface area (Å²) in [4.78, 5) is 12.2. The molecule has 0 unspecified atom stereocenters. The van der Waals surface area contributed by atoms with E-state index in [1.807, 2.05) is 19.3 Å². The first-order chi connectivity index (χ1) is 9.22. The molecule has 0 fully saturated rings. The summed E-state index contributed by atoms with van der Waals surface area (Å²) >= 11 is 1.72. The Morgan fingerprint density at radius 2 is 1.95 bits per heavy atom. The van der Waals surface area contributed by atoms with Crippen LogP contribution in [0.5, 0.6) is 0 Å². The van der Waals surface area contributed by atoms with Gasteiger partial charge in [-0.25, -0.2) is 9.97 Å². The van der Waals surface area contributed by atoms with Crippen LogP contribution in [0.2, 0.25) is 0 Å². The van der Waals surface area contributed by atoms with Gasteiger partial charge in [0.1, 0.15) is 5.82 Å². The summed E-state index contributed by atoms with van der Waals surface area (Å²) in [5.74, 6) is 1.03. The molecular weight excluding hydrogens is 256 g/mol. The standard InChI is InChI=1S/C14H20N4S/c1-4-18(5-2)14-7-6-12(8-17-14)16-10-13-9-15-11(3)19-13/h6-9,16H,4-5,10H2,1-3H3. The lowest BCUT2D eigenvalue weighted by Gasteiger charge is -2.19. The van der Waals surface area contributed by atoms with Crippen LogP contribution >= 0.6 is 11.3 Å². The van der Waals surface area contributed by atoms with Crippen molar-refractivity contribution in [1.82, 2.24) is 9.97 Å². The average molecular weight is 276 g/mol. The zero-order valence-electron chi connectivity index (χ0n) is 11.7. The van der Waals surface area contributed by atoms with Crippen LogP contribution in [0.25, 0.3) is 0 Å². The molecule has 0 amide bonds. The second-order valence-electron chi connectivity index (χ2n) is 4.28. The SMILES string of the molecule is CCN(CC)c1ccc(NCc2cnc(C)s2)cn1. The number of nitrogens with one attached hydrogen (secondary N) is 1. The van der Waals surface area contributed by atoms with Crippen molar-refractivity contribution >= 4 is 22.8 Å². The van der Waals surface area contributed by atoms with E-state index in [-0.39, 0.29) is 0 Å². The topological polar surface area (TPSA) is 41.0 Å². The predicted molar refractivity (Wildman–Crippen MR) is 82.0 cm³/mol. The fourth-order valence-electron chi connectivity index (χ4n) is 1.90. The number of aryl methyl sites for hydroxylation is 1. The van der Waals surface area contributed by atoms with Gasteiger partial charge in [0.25, 0.3) is 0 Å². The molecule has 0 aliphatic heterocycles. The van der Waals surface area contributed by atoms with Crippen molar-refractivity contribution < 1.29 is 0 Å². The van der Waals surface area contributed by atoms with Crippen LogP contribution in [0, 0.1) is 6.92 Å². The van der Waals surface area contributed by atoms with Gasteiger partial charge in [-0.2, -0.15) is 0 Å². The molecule has 0 aromatic carbocycles. The molecule has 19 heavy (non-hydrogen) atoms. The highest BCUT2D eigenvalue weighted by Crippen LogP contribution is 2.16. The molecule has 2 rings (SSSR count). The van der Waals surface area contributed by atoms with Crippen LogP contribution in [-0.4, -0.2) is 23.1 Å². The van der Waals surface area contributed by atoms with Gasteiger partial charge in [-0.1, -0.05) is 0 Å². The molecule has 2 heterocycles. The first-order valence-corrected chi connectivity index (χ1v) is 7.40. The highest BCUT2D eigenvalue weighted by atomic mass is 32.1. The third-order valence-corrected chi connectivity index (χ3v) is 3.88. The molecule has 0 saturated carbocycles. The van der Waals surface area contributed by atoms with Gasteiger partial charge in [0.2, 0.25) is 0 Å². The molecule has 0 atom stereocenters. The summed E-state index contributed by atoms with van der Waals surface area (Å²) in [6.45, 7) is 9.08. The van der Waals surface area contributed by atoms with Crippen LogP contribution < -0.4 is 10.2 Å². The number of aromatic nitrogens is 2. The Morgan fingerprint density at radius 3 is 2.47 bits per heavy atom. The Labute approximate surface area is 118 Å². The molecule has 0 radical (unpaired) electrons. The maximum atomic E-state index is 4.49. The lowest BCUT2D eigenvalue weighted by molar-refractivity contribution is 0.846. The maximum Gasteiger partial charge on any atom is 0.128 e. The fourth-order valence-corrected chi connectivity index (χ4v) is 2.64. The molecule has 102 valence electrons. The first-order valence-electron chi connectivity index (χ1n) is 6.59. The molecule has 0 saturated heterocycles. The van der Waals surface area contributed by atoms with Crippen LogP contribution in [0.4, 0.5) is 11.5 Å². The largest absolute Gasteiger partial charge is 0.379 e. The molecule has 4 nitrogen and oxygen atoms in total. The fraction of sp³-hybridized carbons (Fsp3) is 0.429. The van der Waals surface area contributed by atoms with Crippen molar-refractivity contribution in [2.45, 2.75) is 27.3 Å². The molecule has 0 spiro atoms. The van der Waals surface area contributed by atoms with Crippen molar-refractivity contribution in [1.29, 1.82) is 0 Å². The molecule has 0 bridgehead atoms. The van der Waals surface area contributed by atoms with E-state index in [2.05, 4.69) is 46.2 Å². The Hall–Kier alpha value is -1.62. The van der Waals surface area contributed by atoms with Crippen LogP contribution in [0.3, 0.4) is 0 Å². The number of nitrogens with zero attached hydrogens (tertiary/aromatic N) is 3. The molecule has 1 N–H and O–H groups in total. The van der Waals surface area contributed by atoms with Gasteiger partial charge < -0.3 is 10.2 Å². The summed E-state index contributed by atoms with van der Waals surface area (Å²) in [6, 6.07) is 4.14. The third kappa shape index (κ3) is 3.67. The highest BCUT2D eigenvalue weighted by Gasteiger charge is 2.03. The monoisotopic (exact) mass is 276 g/mol. The van der Waals surface area contributed by atoms with Gasteiger partial charge in [-0.3, -0.25) is 0 Å². The van der Waals surface area contributed by atoms with Crippen LogP contribution in [0.15, 0.2) is 24.5 Å². The second-order valence-corrected chi connectivity index (χ2v) is 5.60. The Balaban J connectivity index is 1.95. The smallest absolute Gasteiger partial charge is 0.128 e. The Morgan fingerprint density at radius 1 is 1.16 bits per heavy atom. The minimum Gasteiger partial charge on any atom is -0.379 e. The molecule has 5 heteroatoms. The number of hydrogen-bond acceptors (Lipinski definition) is 5. The van der Waals surface area contributed by atoms with Gasteiger partial charge in [-0.05, 0) is 32.9 Å². The zero-order chi connectivity index (χ0) is 13.7. The van der Waals surface area contributed by atoms with Gasteiger partial charge in [0.15, 0.2) is 0 Å². The van der Waals surface area contributed by atoms with E-state index in [0.29, 0.717) is 0 Å². The molecule has 2 aromatic heterocycles. The van der Waals surface area contributed by atoms with E-state index in [4.69, 9.17) is 0 Å². The lowest BCUT2D eigenvalue weighted by Crippen LogP contribution is -2.22. The second kappa shape index (κ2) is 6.52. The minimum atomic E-state index is 0.803. The van der Waals surface area contributed by atoms with Gasteiger partial charge in [0, 0.05) is 24.2 Å². The third-order valence-electron chi connectivity index (χ3n) is 2.97. The molecule has 0 aliphatic rings. The summed E-state index contributed by atoms with van der Waals surface area (Å²) in [7, 11) is 0. The van der Waals surface area contributed by atoms with Crippen molar-refractivity contribution in [2.24, 2.45) is 0 Å². The number of hydrogen-bond donors (Lipinski definition) is 1. The molecule has 2 aromatic rings. The summed E-state index contributed by atoms with van der Waals surface area (Å²) < 4.78 is 0. The quantitative estimate of drug-likeness (QED) is 0.879. The number of rotatable bonds is 6. The minimum absolute atomic E-state index is 0.803. The summed E-state index contributed by atoms with van der Waals surface area (Å²) in [5, 5.41) is 4.47. The number of anilines is 2.